The highest BCUT2D eigenvalue weighted by Crippen LogP contribution is 2.65. The molecule has 0 spiro atoms. The van der Waals surface area contributed by atoms with Crippen LogP contribution in [0.4, 0.5) is 0 Å². The van der Waals surface area contributed by atoms with Gasteiger partial charge in [-0.3, -0.25) is 9.59 Å². The minimum Gasteiger partial charge on any atom is -0.481 e. The number of nitrogens with one attached hydrogen (secondary N) is 1. The molecule has 112 valence electrons. The van der Waals surface area contributed by atoms with Gasteiger partial charge in [0.2, 0.25) is 5.91 Å². The molecule has 0 aromatic rings. The lowest BCUT2D eigenvalue weighted by molar-refractivity contribution is -0.155. The molecule has 4 aliphatic rings. The SMILES string of the molecule is CC(CNC(=O)C12CC3CC(CC(C)(C3)C1)C2)C(=O)O. The number of aliphatic carboxylic acids is 1. The van der Waals surface area contributed by atoms with E-state index in [1.165, 1.54) is 19.3 Å². The molecule has 4 nitrogen and oxygen atoms in total. The fourth-order valence-electron chi connectivity index (χ4n) is 5.51. The van der Waals surface area contributed by atoms with Gasteiger partial charge in [-0.2, -0.15) is 0 Å². The van der Waals surface area contributed by atoms with E-state index in [0.29, 0.717) is 17.3 Å². The molecule has 4 saturated carbocycles. The van der Waals surface area contributed by atoms with Gasteiger partial charge in [0.05, 0.1) is 11.3 Å². The lowest BCUT2D eigenvalue weighted by atomic mass is 9.44. The van der Waals surface area contributed by atoms with Crippen molar-refractivity contribution in [3.8, 4) is 0 Å². The first-order chi connectivity index (χ1) is 9.32. The van der Waals surface area contributed by atoms with Gasteiger partial charge in [0, 0.05) is 6.54 Å². The van der Waals surface area contributed by atoms with Crippen LogP contribution in [0.2, 0.25) is 0 Å². The standard InChI is InChI=1S/C16H25NO3/c1-10(13(18)19)8-17-14(20)16-6-11-3-12(7-16)5-15(2,4-11)9-16/h10-12H,3-9H2,1-2H3,(H,17,20)(H,18,19). The Morgan fingerprint density at radius 1 is 1.25 bits per heavy atom. The fourth-order valence-corrected chi connectivity index (χ4v) is 5.51. The molecule has 0 saturated heterocycles. The van der Waals surface area contributed by atoms with Crippen molar-refractivity contribution in [1.29, 1.82) is 0 Å². The third-order valence-corrected chi connectivity index (χ3v) is 5.83. The van der Waals surface area contributed by atoms with Crippen LogP contribution in [-0.4, -0.2) is 23.5 Å². The molecule has 4 aliphatic carbocycles. The van der Waals surface area contributed by atoms with Gasteiger partial charge < -0.3 is 10.4 Å². The smallest absolute Gasteiger partial charge is 0.308 e. The number of rotatable bonds is 4. The van der Waals surface area contributed by atoms with Crippen molar-refractivity contribution in [3.05, 3.63) is 0 Å². The normalized spacial score (nSPS) is 43.3. The van der Waals surface area contributed by atoms with E-state index in [1.54, 1.807) is 6.92 Å². The molecule has 0 aromatic carbocycles. The quantitative estimate of drug-likeness (QED) is 0.830. The van der Waals surface area contributed by atoms with Crippen LogP contribution in [0.1, 0.15) is 52.4 Å². The monoisotopic (exact) mass is 279 g/mol. The number of hydrogen-bond donors (Lipinski definition) is 2. The lowest BCUT2D eigenvalue weighted by Gasteiger charge is -2.60. The van der Waals surface area contributed by atoms with E-state index < -0.39 is 11.9 Å². The Morgan fingerprint density at radius 2 is 1.85 bits per heavy atom. The summed E-state index contributed by atoms with van der Waals surface area (Å²) in [6, 6.07) is 0. The van der Waals surface area contributed by atoms with Gasteiger partial charge in [-0.25, -0.2) is 0 Å². The Morgan fingerprint density at radius 3 is 2.35 bits per heavy atom. The fraction of sp³-hybridized carbons (Fsp3) is 0.875. The Bertz CT molecular complexity index is 431. The molecule has 4 rings (SSSR count). The minimum atomic E-state index is -0.845. The maximum Gasteiger partial charge on any atom is 0.308 e. The highest BCUT2D eigenvalue weighted by Gasteiger charge is 2.58. The molecule has 2 N–H and O–H groups in total. The highest BCUT2D eigenvalue weighted by atomic mass is 16.4. The number of carbonyl (C=O) groups is 2. The molecule has 0 aromatic heterocycles. The van der Waals surface area contributed by atoms with E-state index in [0.717, 1.165) is 19.3 Å². The van der Waals surface area contributed by atoms with Crippen molar-refractivity contribution in [2.75, 3.05) is 6.54 Å². The van der Waals surface area contributed by atoms with Crippen molar-refractivity contribution in [2.45, 2.75) is 52.4 Å². The first-order valence-corrected chi connectivity index (χ1v) is 7.83. The van der Waals surface area contributed by atoms with Crippen molar-refractivity contribution in [3.63, 3.8) is 0 Å². The van der Waals surface area contributed by atoms with Gasteiger partial charge in [0.25, 0.3) is 0 Å². The van der Waals surface area contributed by atoms with Crippen molar-refractivity contribution in [2.24, 2.45) is 28.6 Å². The van der Waals surface area contributed by atoms with E-state index in [1.807, 2.05) is 0 Å². The summed E-state index contributed by atoms with van der Waals surface area (Å²) in [7, 11) is 0. The summed E-state index contributed by atoms with van der Waals surface area (Å²) >= 11 is 0. The van der Waals surface area contributed by atoms with Crippen LogP contribution in [-0.2, 0) is 9.59 Å². The van der Waals surface area contributed by atoms with E-state index in [9.17, 15) is 9.59 Å². The first kappa shape index (κ1) is 13.9. The van der Waals surface area contributed by atoms with Gasteiger partial charge in [0.1, 0.15) is 0 Å². The van der Waals surface area contributed by atoms with Crippen LogP contribution < -0.4 is 5.32 Å². The van der Waals surface area contributed by atoms with E-state index >= 15 is 0 Å². The number of carbonyl (C=O) groups excluding carboxylic acids is 1. The van der Waals surface area contributed by atoms with Crippen LogP contribution >= 0.6 is 0 Å². The molecule has 20 heavy (non-hydrogen) atoms. The van der Waals surface area contributed by atoms with E-state index in [-0.39, 0.29) is 17.9 Å². The highest BCUT2D eigenvalue weighted by molar-refractivity contribution is 5.83. The van der Waals surface area contributed by atoms with E-state index in [4.69, 9.17) is 5.11 Å². The van der Waals surface area contributed by atoms with Crippen LogP contribution in [0.15, 0.2) is 0 Å². The zero-order valence-electron chi connectivity index (χ0n) is 12.4. The Balaban J connectivity index is 1.70. The molecule has 0 aliphatic heterocycles. The van der Waals surface area contributed by atoms with Crippen molar-refractivity contribution < 1.29 is 14.7 Å². The summed E-state index contributed by atoms with van der Waals surface area (Å²) in [5.41, 5.74) is 0.150. The second kappa shape index (κ2) is 4.47. The molecule has 0 heterocycles. The Hall–Kier alpha value is -1.06. The van der Waals surface area contributed by atoms with Gasteiger partial charge in [-0.05, 0) is 55.8 Å². The maximum absolute atomic E-state index is 12.7. The van der Waals surface area contributed by atoms with Crippen LogP contribution in [0.25, 0.3) is 0 Å². The van der Waals surface area contributed by atoms with Gasteiger partial charge in [-0.15, -0.1) is 0 Å². The first-order valence-electron chi connectivity index (χ1n) is 7.83. The number of carboxylic acid groups (broad SMARTS) is 1. The van der Waals surface area contributed by atoms with Crippen molar-refractivity contribution >= 4 is 11.9 Å². The molecule has 1 amide bonds. The molecule has 4 bridgehead atoms. The number of hydrogen-bond acceptors (Lipinski definition) is 2. The zero-order valence-corrected chi connectivity index (χ0v) is 12.4. The molecule has 3 atom stereocenters. The van der Waals surface area contributed by atoms with Crippen LogP contribution in [0.5, 0.6) is 0 Å². The molecule has 0 radical (unpaired) electrons. The van der Waals surface area contributed by atoms with Crippen molar-refractivity contribution in [1.82, 2.24) is 5.32 Å². The molecular formula is C16H25NO3. The van der Waals surface area contributed by atoms with Crippen LogP contribution in [0.3, 0.4) is 0 Å². The summed E-state index contributed by atoms with van der Waals surface area (Å²) < 4.78 is 0. The average molecular weight is 279 g/mol. The predicted octanol–water partition coefficient (Wildman–Crippen LogP) is 2.43. The van der Waals surface area contributed by atoms with Gasteiger partial charge in [0.15, 0.2) is 0 Å². The second-order valence-electron chi connectivity index (χ2n) is 8.00. The molecule has 4 heteroatoms. The molecule has 3 unspecified atom stereocenters. The minimum absolute atomic E-state index is 0.117. The maximum atomic E-state index is 12.7. The topological polar surface area (TPSA) is 66.4 Å². The Kier molecular flexibility index (Phi) is 3.11. The predicted molar refractivity (Wildman–Crippen MR) is 75.0 cm³/mol. The summed E-state index contributed by atoms with van der Waals surface area (Å²) in [5, 5.41) is 11.8. The number of amides is 1. The van der Waals surface area contributed by atoms with E-state index in [2.05, 4.69) is 12.2 Å². The van der Waals surface area contributed by atoms with Gasteiger partial charge >= 0.3 is 5.97 Å². The average Bonchev–Trinajstić information content (AvgIpc) is 2.32. The number of carboxylic acids is 1. The third kappa shape index (κ3) is 2.23. The summed E-state index contributed by atoms with van der Waals surface area (Å²) in [4.78, 5) is 23.5. The molecule has 4 fully saturated rings. The second-order valence-corrected chi connectivity index (χ2v) is 8.00. The molecular weight excluding hydrogens is 254 g/mol. The van der Waals surface area contributed by atoms with Crippen LogP contribution in [0, 0.1) is 28.6 Å². The zero-order chi connectivity index (χ0) is 14.5. The summed E-state index contributed by atoms with van der Waals surface area (Å²) in [5.74, 6) is 0.185. The lowest BCUT2D eigenvalue weighted by Crippen LogP contribution is -2.57. The van der Waals surface area contributed by atoms with Gasteiger partial charge in [-0.1, -0.05) is 13.8 Å². The summed E-state index contributed by atoms with van der Waals surface area (Å²) in [6.07, 6.45) is 6.91. The third-order valence-electron chi connectivity index (χ3n) is 5.83. The largest absolute Gasteiger partial charge is 0.481 e. The Labute approximate surface area is 120 Å². The summed E-state index contributed by atoms with van der Waals surface area (Å²) in [6.45, 7) is 4.23.